The van der Waals surface area contributed by atoms with Crippen molar-refractivity contribution in [1.29, 1.82) is 0 Å². The van der Waals surface area contributed by atoms with Crippen LogP contribution in [0.25, 0.3) is 11.2 Å². The summed E-state index contributed by atoms with van der Waals surface area (Å²) in [6.07, 6.45) is 7.84. The van der Waals surface area contributed by atoms with Crippen LogP contribution in [0.2, 0.25) is 0 Å². The molecule has 5 heteroatoms. The van der Waals surface area contributed by atoms with Gasteiger partial charge in [-0.05, 0) is 44.2 Å². The highest BCUT2D eigenvalue weighted by Gasteiger charge is 2.25. The van der Waals surface area contributed by atoms with Crippen LogP contribution in [0.3, 0.4) is 0 Å². The van der Waals surface area contributed by atoms with E-state index in [1.165, 1.54) is 18.7 Å². The first-order valence-corrected chi connectivity index (χ1v) is 8.42. The normalized spacial score (nSPS) is 23.9. The summed E-state index contributed by atoms with van der Waals surface area (Å²) >= 11 is 0. The van der Waals surface area contributed by atoms with Gasteiger partial charge in [0.05, 0.1) is 12.6 Å². The van der Waals surface area contributed by atoms with Crippen LogP contribution >= 0.6 is 0 Å². The number of rotatable bonds is 3. The molecule has 2 saturated heterocycles. The van der Waals surface area contributed by atoms with Gasteiger partial charge in [-0.3, -0.25) is 0 Å². The van der Waals surface area contributed by atoms with Gasteiger partial charge in [-0.1, -0.05) is 0 Å². The van der Waals surface area contributed by atoms with Crippen molar-refractivity contribution in [2.75, 3.05) is 19.8 Å². The molecule has 2 aromatic heterocycles. The minimum Gasteiger partial charge on any atom is -0.381 e. The number of ether oxygens (including phenoxy) is 2. The SMILES string of the molecule is c1cnc2c(c1)nc(C1CCOCC1)n2CC1CCCCO1. The smallest absolute Gasteiger partial charge is 0.160 e. The van der Waals surface area contributed by atoms with Crippen molar-refractivity contribution < 1.29 is 9.47 Å². The van der Waals surface area contributed by atoms with Crippen LogP contribution in [0.5, 0.6) is 0 Å². The predicted octanol–water partition coefficient (Wildman–Crippen LogP) is 2.89. The summed E-state index contributed by atoms with van der Waals surface area (Å²) in [5.74, 6) is 1.65. The first-order chi connectivity index (χ1) is 10.9. The first kappa shape index (κ1) is 14.2. The van der Waals surface area contributed by atoms with E-state index in [1.54, 1.807) is 0 Å². The van der Waals surface area contributed by atoms with Crippen LogP contribution in [0.4, 0.5) is 0 Å². The van der Waals surface area contributed by atoms with Crippen molar-refractivity contribution in [1.82, 2.24) is 14.5 Å². The summed E-state index contributed by atoms with van der Waals surface area (Å²) in [5.41, 5.74) is 2.00. The fraction of sp³-hybridized carbons (Fsp3) is 0.647. The van der Waals surface area contributed by atoms with Crippen molar-refractivity contribution in [3.05, 3.63) is 24.2 Å². The topological polar surface area (TPSA) is 49.2 Å². The number of nitrogens with zero attached hydrogens (tertiary/aromatic N) is 3. The third-order valence-corrected chi connectivity index (χ3v) is 4.78. The maximum Gasteiger partial charge on any atom is 0.160 e. The summed E-state index contributed by atoms with van der Waals surface area (Å²) < 4.78 is 13.8. The van der Waals surface area contributed by atoms with Crippen molar-refractivity contribution in [3.63, 3.8) is 0 Å². The van der Waals surface area contributed by atoms with Gasteiger partial charge in [0.1, 0.15) is 11.3 Å². The zero-order valence-corrected chi connectivity index (χ0v) is 12.9. The molecule has 2 aliphatic rings. The Bertz CT molecular complexity index is 628. The Hall–Kier alpha value is -1.46. The lowest BCUT2D eigenvalue weighted by Crippen LogP contribution is -2.27. The molecule has 0 aliphatic carbocycles. The fourth-order valence-corrected chi connectivity index (χ4v) is 3.58. The second-order valence-corrected chi connectivity index (χ2v) is 6.30. The highest BCUT2D eigenvalue weighted by atomic mass is 16.5. The standard InChI is InChI=1S/C17H23N3O2/c1-2-9-22-14(4-1)12-20-16(13-6-10-21-11-7-13)19-15-5-3-8-18-17(15)20/h3,5,8,13-14H,1-2,4,6-7,9-12H2. The van der Waals surface area contributed by atoms with E-state index in [0.29, 0.717) is 12.0 Å². The fourth-order valence-electron chi connectivity index (χ4n) is 3.58. The predicted molar refractivity (Wildman–Crippen MR) is 83.9 cm³/mol. The number of aromatic nitrogens is 3. The van der Waals surface area contributed by atoms with Gasteiger partial charge < -0.3 is 14.0 Å². The Balaban J connectivity index is 1.69. The molecular weight excluding hydrogens is 278 g/mol. The van der Waals surface area contributed by atoms with Crippen LogP contribution in [0, 0.1) is 0 Å². The number of fused-ring (bicyclic) bond motifs is 1. The molecule has 2 aromatic rings. The lowest BCUT2D eigenvalue weighted by Gasteiger charge is -2.26. The summed E-state index contributed by atoms with van der Waals surface area (Å²) in [5, 5.41) is 0. The molecule has 2 aliphatic heterocycles. The molecule has 0 aromatic carbocycles. The second kappa shape index (κ2) is 6.34. The monoisotopic (exact) mass is 301 g/mol. The average molecular weight is 301 g/mol. The van der Waals surface area contributed by atoms with Gasteiger partial charge in [0.15, 0.2) is 5.65 Å². The average Bonchev–Trinajstić information content (AvgIpc) is 2.95. The Morgan fingerprint density at radius 1 is 1.14 bits per heavy atom. The number of hydrogen-bond donors (Lipinski definition) is 0. The van der Waals surface area contributed by atoms with E-state index < -0.39 is 0 Å². The van der Waals surface area contributed by atoms with Gasteiger partial charge in [-0.15, -0.1) is 0 Å². The number of pyridine rings is 1. The van der Waals surface area contributed by atoms with Crippen LogP contribution in [-0.4, -0.2) is 40.5 Å². The van der Waals surface area contributed by atoms with E-state index in [-0.39, 0.29) is 0 Å². The highest BCUT2D eigenvalue weighted by Crippen LogP contribution is 2.29. The molecular formula is C17H23N3O2. The Morgan fingerprint density at radius 2 is 2.05 bits per heavy atom. The maximum absolute atomic E-state index is 5.94. The third kappa shape index (κ3) is 2.75. The molecule has 0 bridgehead atoms. The molecule has 4 heterocycles. The van der Waals surface area contributed by atoms with Gasteiger partial charge >= 0.3 is 0 Å². The zero-order valence-electron chi connectivity index (χ0n) is 12.9. The molecule has 5 nitrogen and oxygen atoms in total. The lowest BCUT2D eigenvalue weighted by atomic mass is 9.99. The molecule has 22 heavy (non-hydrogen) atoms. The highest BCUT2D eigenvalue weighted by molar-refractivity contribution is 5.71. The molecule has 1 atom stereocenters. The van der Waals surface area contributed by atoms with Crippen molar-refractivity contribution in [2.45, 2.75) is 50.7 Å². The Morgan fingerprint density at radius 3 is 2.86 bits per heavy atom. The van der Waals surface area contributed by atoms with Crippen molar-refractivity contribution in [3.8, 4) is 0 Å². The quantitative estimate of drug-likeness (QED) is 0.874. The van der Waals surface area contributed by atoms with Crippen LogP contribution in [0.1, 0.15) is 43.8 Å². The molecule has 4 rings (SSSR count). The Kier molecular flexibility index (Phi) is 4.08. The summed E-state index contributed by atoms with van der Waals surface area (Å²) in [4.78, 5) is 9.47. The van der Waals surface area contributed by atoms with E-state index in [0.717, 1.165) is 56.8 Å². The minimum atomic E-state index is 0.298. The zero-order chi connectivity index (χ0) is 14.8. The number of imidazole rings is 1. The third-order valence-electron chi connectivity index (χ3n) is 4.78. The minimum absolute atomic E-state index is 0.298. The van der Waals surface area contributed by atoms with Gasteiger partial charge in [0.2, 0.25) is 0 Å². The van der Waals surface area contributed by atoms with E-state index >= 15 is 0 Å². The van der Waals surface area contributed by atoms with E-state index in [9.17, 15) is 0 Å². The lowest BCUT2D eigenvalue weighted by molar-refractivity contribution is 0.00546. The largest absolute Gasteiger partial charge is 0.381 e. The molecule has 0 saturated carbocycles. The van der Waals surface area contributed by atoms with Gasteiger partial charge in [0.25, 0.3) is 0 Å². The van der Waals surface area contributed by atoms with Gasteiger partial charge in [-0.25, -0.2) is 9.97 Å². The van der Waals surface area contributed by atoms with Crippen LogP contribution in [0.15, 0.2) is 18.3 Å². The van der Waals surface area contributed by atoms with Crippen LogP contribution < -0.4 is 0 Å². The van der Waals surface area contributed by atoms with Gasteiger partial charge in [-0.2, -0.15) is 0 Å². The van der Waals surface area contributed by atoms with Gasteiger partial charge in [0, 0.05) is 31.9 Å². The molecule has 1 unspecified atom stereocenters. The summed E-state index contributed by atoms with van der Waals surface area (Å²) in [6, 6.07) is 4.02. The molecule has 0 spiro atoms. The van der Waals surface area contributed by atoms with E-state index in [2.05, 4.69) is 15.6 Å². The summed E-state index contributed by atoms with van der Waals surface area (Å²) in [6.45, 7) is 3.43. The molecule has 0 amide bonds. The van der Waals surface area contributed by atoms with E-state index in [4.69, 9.17) is 14.5 Å². The molecule has 0 N–H and O–H groups in total. The Labute approximate surface area is 130 Å². The van der Waals surface area contributed by atoms with E-state index in [1.807, 2.05) is 12.3 Å². The van der Waals surface area contributed by atoms with Crippen molar-refractivity contribution >= 4 is 11.2 Å². The first-order valence-electron chi connectivity index (χ1n) is 8.42. The summed E-state index contributed by atoms with van der Waals surface area (Å²) in [7, 11) is 0. The number of hydrogen-bond acceptors (Lipinski definition) is 4. The molecule has 2 fully saturated rings. The molecule has 0 radical (unpaired) electrons. The van der Waals surface area contributed by atoms with Crippen molar-refractivity contribution in [2.24, 2.45) is 0 Å². The van der Waals surface area contributed by atoms with Crippen LogP contribution in [-0.2, 0) is 16.0 Å². The maximum atomic E-state index is 5.94. The second-order valence-electron chi connectivity index (χ2n) is 6.30. The molecule has 118 valence electrons.